The van der Waals surface area contributed by atoms with Gasteiger partial charge in [0.05, 0.1) is 23.9 Å². The number of ether oxygens (including phenoxy) is 2. The van der Waals surface area contributed by atoms with Crippen LogP contribution in [-0.4, -0.2) is 18.3 Å². The quantitative estimate of drug-likeness (QED) is 0.274. The van der Waals surface area contributed by atoms with E-state index >= 15 is 0 Å². The molecule has 0 aliphatic carbocycles. The Bertz CT molecular complexity index is 1070. The van der Waals surface area contributed by atoms with Crippen molar-refractivity contribution in [2.75, 3.05) is 12.5 Å². The predicted octanol–water partition coefficient (Wildman–Crippen LogP) is 5.93. The molecule has 0 amide bonds. The normalized spacial score (nSPS) is 11.5. The Labute approximate surface area is 180 Å². The summed E-state index contributed by atoms with van der Waals surface area (Å²) in [4.78, 5) is 3.66. The van der Waals surface area contributed by atoms with Crippen molar-refractivity contribution in [1.29, 1.82) is 0 Å². The molecule has 162 valence electrons. The number of nitrogens with zero attached hydrogens (tertiary/aromatic N) is 2. The second-order valence-electron chi connectivity index (χ2n) is 6.21. The monoisotopic (exact) mass is 453 g/mol. The molecule has 31 heavy (non-hydrogen) atoms. The van der Waals surface area contributed by atoms with Crippen LogP contribution in [0.2, 0.25) is 5.02 Å². The largest absolute Gasteiger partial charge is 0.493 e. The number of benzene rings is 2. The summed E-state index contributed by atoms with van der Waals surface area (Å²) in [5, 5.41) is 4.14. The fourth-order valence-electron chi connectivity index (χ4n) is 2.52. The first-order valence-corrected chi connectivity index (χ1v) is 9.22. The lowest BCUT2D eigenvalue weighted by molar-refractivity contribution is -0.137. The molecule has 0 unspecified atom stereocenters. The number of methoxy groups -OCH3 is 1. The van der Waals surface area contributed by atoms with Crippen molar-refractivity contribution in [2.24, 2.45) is 5.10 Å². The maximum atomic E-state index is 13.8. The number of pyridine rings is 1. The summed E-state index contributed by atoms with van der Waals surface area (Å²) < 4.78 is 62.4. The van der Waals surface area contributed by atoms with E-state index in [1.54, 1.807) is 30.3 Å². The van der Waals surface area contributed by atoms with Gasteiger partial charge in [-0.2, -0.15) is 18.3 Å². The highest BCUT2D eigenvalue weighted by Gasteiger charge is 2.30. The summed E-state index contributed by atoms with van der Waals surface area (Å²) in [6.07, 6.45) is -2.37. The van der Waals surface area contributed by atoms with Gasteiger partial charge in [-0.05, 0) is 35.9 Å². The van der Waals surface area contributed by atoms with Crippen LogP contribution in [0, 0.1) is 5.82 Å². The van der Waals surface area contributed by atoms with Gasteiger partial charge in [-0.1, -0.05) is 29.8 Å². The molecule has 0 aliphatic rings. The topological polar surface area (TPSA) is 55.7 Å². The van der Waals surface area contributed by atoms with E-state index in [1.807, 2.05) is 0 Å². The summed E-state index contributed by atoms with van der Waals surface area (Å²) in [5.41, 5.74) is 2.56. The molecule has 3 aromatic rings. The summed E-state index contributed by atoms with van der Waals surface area (Å²) in [6, 6.07) is 11.4. The first-order chi connectivity index (χ1) is 14.8. The van der Waals surface area contributed by atoms with E-state index in [9.17, 15) is 17.6 Å². The van der Waals surface area contributed by atoms with Crippen LogP contribution in [0.4, 0.5) is 23.4 Å². The molecule has 0 spiro atoms. The van der Waals surface area contributed by atoms with Gasteiger partial charge in [0, 0.05) is 11.8 Å². The molecule has 10 heteroatoms. The van der Waals surface area contributed by atoms with Gasteiger partial charge in [-0.3, -0.25) is 5.43 Å². The number of anilines is 1. The van der Waals surface area contributed by atoms with Gasteiger partial charge in [-0.15, -0.1) is 0 Å². The highest BCUT2D eigenvalue weighted by Crippen LogP contribution is 2.36. The minimum Gasteiger partial charge on any atom is -0.493 e. The molecule has 1 aromatic heterocycles. The zero-order valence-corrected chi connectivity index (χ0v) is 16.8. The average Bonchev–Trinajstić information content (AvgIpc) is 2.73. The first-order valence-electron chi connectivity index (χ1n) is 8.84. The van der Waals surface area contributed by atoms with Gasteiger partial charge in [0.2, 0.25) is 0 Å². The van der Waals surface area contributed by atoms with Crippen LogP contribution < -0.4 is 14.9 Å². The molecular formula is C21H16ClF4N3O2. The Hall–Kier alpha value is -3.33. The minimum atomic E-state index is -4.46. The smallest absolute Gasteiger partial charge is 0.417 e. The van der Waals surface area contributed by atoms with Crippen LogP contribution in [0.25, 0.3) is 0 Å². The van der Waals surface area contributed by atoms with E-state index in [1.165, 1.54) is 19.4 Å². The number of alkyl halides is 3. The van der Waals surface area contributed by atoms with E-state index in [2.05, 4.69) is 15.5 Å². The van der Waals surface area contributed by atoms with Gasteiger partial charge in [-0.25, -0.2) is 9.37 Å². The lowest BCUT2D eigenvalue weighted by Crippen LogP contribution is -2.05. The van der Waals surface area contributed by atoms with E-state index in [-0.39, 0.29) is 23.2 Å². The Morgan fingerprint density at radius 1 is 1.16 bits per heavy atom. The molecule has 0 bridgehead atoms. The van der Waals surface area contributed by atoms with Gasteiger partial charge < -0.3 is 9.47 Å². The fourth-order valence-corrected chi connectivity index (χ4v) is 2.79. The van der Waals surface area contributed by atoms with E-state index < -0.39 is 17.6 Å². The van der Waals surface area contributed by atoms with E-state index in [0.717, 1.165) is 12.1 Å². The Kier molecular flexibility index (Phi) is 6.96. The third-order valence-corrected chi connectivity index (χ3v) is 4.35. The van der Waals surface area contributed by atoms with Crippen molar-refractivity contribution in [3.63, 3.8) is 0 Å². The molecule has 3 rings (SSSR count). The number of nitrogens with one attached hydrogen (secondary N) is 1. The lowest BCUT2D eigenvalue weighted by atomic mass is 10.2. The molecular weight excluding hydrogens is 438 g/mol. The molecule has 0 atom stereocenters. The molecule has 0 fully saturated rings. The third-order valence-electron chi connectivity index (χ3n) is 4.07. The first kappa shape index (κ1) is 22.4. The van der Waals surface area contributed by atoms with Crippen LogP contribution in [0.3, 0.4) is 0 Å². The maximum Gasteiger partial charge on any atom is 0.417 e. The number of halogens is 5. The zero-order chi connectivity index (χ0) is 22.4. The zero-order valence-electron chi connectivity index (χ0n) is 16.1. The van der Waals surface area contributed by atoms with Gasteiger partial charge >= 0.3 is 6.18 Å². The fraction of sp³-hybridized carbons (Fsp3) is 0.143. The number of hydrogen-bond acceptors (Lipinski definition) is 5. The molecule has 1 heterocycles. The van der Waals surface area contributed by atoms with Crippen molar-refractivity contribution < 1.29 is 27.0 Å². The number of rotatable bonds is 7. The molecule has 0 aliphatic heterocycles. The lowest BCUT2D eigenvalue weighted by Gasteiger charge is -2.13. The van der Waals surface area contributed by atoms with Crippen LogP contribution in [0.1, 0.15) is 16.7 Å². The van der Waals surface area contributed by atoms with Crippen LogP contribution in [0.15, 0.2) is 59.8 Å². The molecule has 0 saturated heterocycles. The van der Waals surface area contributed by atoms with E-state index in [0.29, 0.717) is 23.1 Å². The number of hydrazone groups is 1. The van der Waals surface area contributed by atoms with E-state index in [4.69, 9.17) is 21.1 Å². The molecule has 5 nitrogen and oxygen atoms in total. The molecule has 0 saturated carbocycles. The van der Waals surface area contributed by atoms with Gasteiger partial charge in [0.25, 0.3) is 0 Å². The third kappa shape index (κ3) is 5.85. The Balaban J connectivity index is 1.69. The number of aromatic nitrogens is 1. The van der Waals surface area contributed by atoms with Crippen LogP contribution in [-0.2, 0) is 12.8 Å². The van der Waals surface area contributed by atoms with Crippen molar-refractivity contribution in [3.8, 4) is 11.5 Å². The molecule has 1 N–H and O–H groups in total. The number of hydrogen-bond donors (Lipinski definition) is 1. The van der Waals surface area contributed by atoms with Crippen molar-refractivity contribution in [1.82, 2.24) is 4.98 Å². The molecule has 2 aromatic carbocycles. The Morgan fingerprint density at radius 3 is 2.58 bits per heavy atom. The minimum absolute atomic E-state index is 0.0443. The summed E-state index contributed by atoms with van der Waals surface area (Å²) in [7, 11) is 1.42. The van der Waals surface area contributed by atoms with Gasteiger partial charge in [0.15, 0.2) is 11.5 Å². The summed E-state index contributed by atoms with van der Waals surface area (Å²) in [6.45, 7) is -0.0443. The summed E-state index contributed by atoms with van der Waals surface area (Å²) in [5.74, 6) is 0.274. The van der Waals surface area contributed by atoms with Crippen LogP contribution in [0.5, 0.6) is 11.5 Å². The average molecular weight is 454 g/mol. The van der Waals surface area contributed by atoms with Crippen LogP contribution >= 0.6 is 11.6 Å². The SMILES string of the molecule is COc1cc(/C=N\Nc2ccc(C(F)(F)F)cn2)cc(Cl)c1OCc1ccccc1F. The second kappa shape index (κ2) is 9.65. The standard InChI is InChI=1S/C21H16ClF4N3O2/c1-30-18-9-13(10-28-29-19-7-6-15(11-27-19)21(24,25)26)8-16(22)20(18)31-12-14-4-2-3-5-17(14)23/h2-11H,12H2,1H3,(H,27,29)/b28-10-. The van der Waals surface area contributed by atoms with Crippen molar-refractivity contribution >= 4 is 23.6 Å². The second-order valence-corrected chi connectivity index (χ2v) is 6.62. The summed E-state index contributed by atoms with van der Waals surface area (Å²) >= 11 is 6.28. The van der Waals surface area contributed by atoms with Crippen molar-refractivity contribution in [2.45, 2.75) is 12.8 Å². The predicted molar refractivity (Wildman–Crippen MR) is 109 cm³/mol. The maximum absolute atomic E-state index is 13.8. The molecule has 0 radical (unpaired) electrons. The highest BCUT2D eigenvalue weighted by atomic mass is 35.5. The van der Waals surface area contributed by atoms with Crippen molar-refractivity contribution in [3.05, 3.63) is 82.3 Å². The Morgan fingerprint density at radius 2 is 1.94 bits per heavy atom. The van der Waals surface area contributed by atoms with Gasteiger partial charge in [0.1, 0.15) is 18.2 Å². The highest BCUT2D eigenvalue weighted by molar-refractivity contribution is 6.32.